The van der Waals surface area contributed by atoms with Crippen molar-refractivity contribution in [2.75, 3.05) is 6.54 Å². The van der Waals surface area contributed by atoms with Gasteiger partial charge in [-0.2, -0.15) is 0 Å². The number of rotatable bonds is 5. The summed E-state index contributed by atoms with van der Waals surface area (Å²) in [6.07, 6.45) is 10.8. The summed E-state index contributed by atoms with van der Waals surface area (Å²) in [4.78, 5) is 2.83. The molecule has 2 aliphatic rings. The summed E-state index contributed by atoms with van der Waals surface area (Å²) in [5.41, 5.74) is 7.01. The van der Waals surface area contributed by atoms with Crippen molar-refractivity contribution in [1.82, 2.24) is 4.90 Å². The largest absolute Gasteiger partial charge is 0.326 e. The molecule has 2 atom stereocenters. The minimum atomic E-state index is 0.399. The lowest BCUT2D eigenvalue weighted by molar-refractivity contribution is 0.0443. The van der Waals surface area contributed by atoms with Crippen LogP contribution in [-0.4, -0.2) is 29.6 Å². The van der Waals surface area contributed by atoms with Crippen LogP contribution in [0.5, 0.6) is 0 Å². The fourth-order valence-corrected chi connectivity index (χ4v) is 4.19. The summed E-state index contributed by atoms with van der Waals surface area (Å²) in [5, 5.41) is 0. The molecule has 0 heterocycles. The lowest BCUT2D eigenvalue weighted by atomic mass is 9.72. The fourth-order valence-electron chi connectivity index (χ4n) is 4.19. The summed E-state index contributed by atoms with van der Waals surface area (Å²) in [7, 11) is 0. The highest BCUT2D eigenvalue weighted by atomic mass is 15.2. The van der Waals surface area contributed by atoms with E-state index in [-0.39, 0.29) is 0 Å². The van der Waals surface area contributed by atoms with Gasteiger partial charge in [0, 0.05) is 18.1 Å². The Morgan fingerprint density at radius 2 is 1.80 bits per heavy atom. The molecule has 0 aromatic heterocycles. The third-order valence-corrected chi connectivity index (χ3v) is 5.59. The van der Waals surface area contributed by atoms with Crippen molar-refractivity contribution in [3.63, 3.8) is 0 Å². The maximum absolute atomic E-state index is 6.53. The highest BCUT2D eigenvalue weighted by Crippen LogP contribution is 2.39. The number of hydrogen-bond donors (Lipinski definition) is 1. The highest BCUT2D eigenvalue weighted by Gasteiger charge is 2.39. The molecule has 20 heavy (non-hydrogen) atoms. The Hall–Kier alpha value is -0.0800. The van der Waals surface area contributed by atoms with Crippen molar-refractivity contribution in [3.05, 3.63) is 0 Å². The van der Waals surface area contributed by atoms with Gasteiger partial charge in [-0.05, 0) is 56.4 Å². The topological polar surface area (TPSA) is 29.3 Å². The Balaban J connectivity index is 2.06. The van der Waals surface area contributed by atoms with Crippen LogP contribution >= 0.6 is 0 Å². The molecule has 2 unspecified atom stereocenters. The van der Waals surface area contributed by atoms with E-state index in [0.717, 1.165) is 12.0 Å². The molecule has 0 aromatic rings. The quantitative estimate of drug-likeness (QED) is 0.818. The van der Waals surface area contributed by atoms with Crippen molar-refractivity contribution in [2.45, 2.75) is 97.2 Å². The van der Waals surface area contributed by atoms with Crippen molar-refractivity contribution in [3.8, 4) is 0 Å². The maximum Gasteiger partial charge on any atom is 0.0255 e. The predicted octanol–water partition coefficient (Wildman–Crippen LogP) is 4.18. The van der Waals surface area contributed by atoms with Gasteiger partial charge in [0.1, 0.15) is 0 Å². The molecular formula is C18H36N2. The maximum atomic E-state index is 6.53. The Morgan fingerprint density at radius 1 is 1.15 bits per heavy atom. The molecule has 2 heteroatoms. The normalized spacial score (nSPS) is 31.4. The van der Waals surface area contributed by atoms with Gasteiger partial charge < -0.3 is 5.73 Å². The monoisotopic (exact) mass is 280 g/mol. The predicted molar refractivity (Wildman–Crippen MR) is 87.8 cm³/mol. The second-order valence-electron chi connectivity index (χ2n) is 8.50. The zero-order valence-electron chi connectivity index (χ0n) is 14.2. The van der Waals surface area contributed by atoms with Crippen LogP contribution in [0.4, 0.5) is 0 Å². The number of nitrogens with zero attached hydrogens (tertiary/aromatic N) is 1. The van der Waals surface area contributed by atoms with E-state index in [0.29, 0.717) is 17.5 Å². The molecule has 0 aromatic carbocycles. The lowest BCUT2D eigenvalue weighted by Gasteiger charge is -2.47. The third kappa shape index (κ3) is 4.21. The average Bonchev–Trinajstić information content (AvgIpc) is 2.87. The Labute approximate surface area is 126 Å². The molecule has 2 aliphatic carbocycles. The van der Waals surface area contributed by atoms with Crippen LogP contribution in [0.15, 0.2) is 0 Å². The molecule has 118 valence electrons. The zero-order chi connectivity index (χ0) is 14.8. The molecule has 0 amide bonds. The van der Waals surface area contributed by atoms with Crippen LogP contribution in [0.25, 0.3) is 0 Å². The molecule has 2 rings (SSSR count). The van der Waals surface area contributed by atoms with Crippen molar-refractivity contribution in [1.29, 1.82) is 0 Å². The van der Waals surface area contributed by atoms with Gasteiger partial charge in [-0.25, -0.2) is 0 Å². The van der Waals surface area contributed by atoms with Crippen LogP contribution in [0.1, 0.15) is 79.1 Å². The van der Waals surface area contributed by atoms with Gasteiger partial charge in [0.25, 0.3) is 0 Å². The minimum absolute atomic E-state index is 0.399. The van der Waals surface area contributed by atoms with Gasteiger partial charge in [-0.1, -0.05) is 40.5 Å². The van der Waals surface area contributed by atoms with Crippen molar-refractivity contribution < 1.29 is 0 Å². The lowest BCUT2D eigenvalue weighted by Crippen LogP contribution is -2.56. The van der Waals surface area contributed by atoms with Crippen molar-refractivity contribution >= 4 is 0 Å². The van der Waals surface area contributed by atoms with E-state index in [1.165, 1.54) is 57.9 Å². The van der Waals surface area contributed by atoms with E-state index in [1.54, 1.807) is 0 Å². The SMILES string of the molecule is CC(C)CCN(C1CCCC1)C1CC(C)(C)CCC1N. The molecule has 2 N–H and O–H groups in total. The zero-order valence-corrected chi connectivity index (χ0v) is 14.2. The van der Waals surface area contributed by atoms with Gasteiger partial charge in [-0.15, -0.1) is 0 Å². The summed E-state index contributed by atoms with van der Waals surface area (Å²) in [5.74, 6) is 0.798. The van der Waals surface area contributed by atoms with E-state index in [4.69, 9.17) is 5.73 Å². The van der Waals surface area contributed by atoms with E-state index < -0.39 is 0 Å². The van der Waals surface area contributed by atoms with Gasteiger partial charge in [0.15, 0.2) is 0 Å². The minimum Gasteiger partial charge on any atom is -0.326 e. The third-order valence-electron chi connectivity index (χ3n) is 5.59. The highest BCUT2D eigenvalue weighted by molar-refractivity contribution is 4.95. The van der Waals surface area contributed by atoms with Crippen molar-refractivity contribution in [2.24, 2.45) is 17.1 Å². The molecule has 0 spiro atoms. The Kier molecular flexibility index (Phi) is 5.53. The fraction of sp³-hybridized carbons (Fsp3) is 1.00. The second-order valence-corrected chi connectivity index (χ2v) is 8.50. The van der Waals surface area contributed by atoms with E-state index in [9.17, 15) is 0 Å². The molecule has 2 fully saturated rings. The summed E-state index contributed by atoms with van der Waals surface area (Å²) < 4.78 is 0. The molecule has 0 bridgehead atoms. The molecular weight excluding hydrogens is 244 g/mol. The first-order valence-corrected chi connectivity index (χ1v) is 8.90. The molecule has 0 aliphatic heterocycles. The van der Waals surface area contributed by atoms with E-state index in [1.807, 2.05) is 0 Å². The van der Waals surface area contributed by atoms with Gasteiger partial charge in [-0.3, -0.25) is 4.90 Å². The standard InChI is InChI=1S/C18H36N2/c1-14(2)10-12-20(15-7-5-6-8-15)17-13-18(3,4)11-9-16(17)19/h14-17H,5-13,19H2,1-4H3. The van der Waals surface area contributed by atoms with E-state index in [2.05, 4.69) is 32.6 Å². The smallest absolute Gasteiger partial charge is 0.0255 e. The number of nitrogens with two attached hydrogens (primary N) is 1. The van der Waals surface area contributed by atoms with Gasteiger partial charge in [0.2, 0.25) is 0 Å². The van der Waals surface area contributed by atoms with Gasteiger partial charge in [0.05, 0.1) is 0 Å². The number of hydrogen-bond acceptors (Lipinski definition) is 2. The van der Waals surface area contributed by atoms with Crippen LogP contribution < -0.4 is 5.73 Å². The molecule has 2 saturated carbocycles. The summed E-state index contributed by atoms with van der Waals surface area (Å²) in [6.45, 7) is 10.8. The van der Waals surface area contributed by atoms with Crippen LogP contribution in [0.2, 0.25) is 0 Å². The Morgan fingerprint density at radius 3 is 2.40 bits per heavy atom. The first-order chi connectivity index (χ1) is 9.39. The first kappa shape index (κ1) is 16.3. The molecule has 0 radical (unpaired) electrons. The van der Waals surface area contributed by atoms with E-state index >= 15 is 0 Å². The molecule has 0 saturated heterocycles. The second kappa shape index (κ2) is 6.79. The summed E-state index contributed by atoms with van der Waals surface area (Å²) in [6, 6.07) is 1.84. The first-order valence-electron chi connectivity index (χ1n) is 8.90. The Bertz CT molecular complexity index is 292. The van der Waals surface area contributed by atoms with Crippen LogP contribution in [0.3, 0.4) is 0 Å². The van der Waals surface area contributed by atoms with Crippen LogP contribution in [-0.2, 0) is 0 Å². The average molecular weight is 280 g/mol. The van der Waals surface area contributed by atoms with Gasteiger partial charge >= 0.3 is 0 Å². The summed E-state index contributed by atoms with van der Waals surface area (Å²) >= 11 is 0. The molecule has 2 nitrogen and oxygen atoms in total. The van der Waals surface area contributed by atoms with Crippen LogP contribution in [0, 0.1) is 11.3 Å².